The molecule has 0 unspecified atom stereocenters. The van der Waals surface area contributed by atoms with Gasteiger partial charge in [0, 0.05) is 5.56 Å². The number of urea groups is 1. The number of carbonyl (C=O) groups excluding carboxylic acids is 2. The zero-order valence-electron chi connectivity index (χ0n) is 9.58. The lowest BCUT2D eigenvalue weighted by Gasteiger charge is -1.98. The van der Waals surface area contributed by atoms with Gasteiger partial charge in [0.15, 0.2) is 0 Å². The lowest BCUT2D eigenvalue weighted by atomic mass is 10.2. The average Bonchev–Trinajstić information content (AvgIpc) is 2.76. The van der Waals surface area contributed by atoms with Crippen LogP contribution in [-0.2, 0) is 11.3 Å². The Kier molecular flexibility index (Phi) is 3.46. The van der Waals surface area contributed by atoms with Crippen molar-refractivity contribution in [1.29, 1.82) is 0 Å². The summed E-state index contributed by atoms with van der Waals surface area (Å²) in [5.41, 5.74) is 5.21. The van der Waals surface area contributed by atoms with Crippen molar-refractivity contribution >= 4 is 11.9 Å². The van der Waals surface area contributed by atoms with E-state index in [-0.39, 0.29) is 12.4 Å². The number of rotatable bonds is 3. The van der Waals surface area contributed by atoms with Crippen LogP contribution in [0.15, 0.2) is 24.3 Å². The molecule has 0 fully saturated rings. The van der Waals surface area contributed by atoms with Crippen molar-refractivity contribution in [3.8, 4) is 11.4 Å². The van der Waals surface area contributed by atoms with Crippen LogP contribution in [0.3, 0.4) is 0 Å². The molecule has 0 atom stereocenters. The number of benzene rings is 1. The number of hydrogen-bond acceptors (Lipinski definition) is 5. The van der Waals surface area contributed by atoms with E-state index in [9.17, 15) is 14.0 Å². The number of amides is 3. The molecule has 1 aromatic heterocycles. The minimum atomic E-state index is -0.963. The fraction of sp³-hybridized carbons (Fsp3) is 0.100. The SMILES string of the molecule is NC(=O)NC(=O)Cn1nnc(-c2cccc(F)c2)n1. The summed E-state index contributed by atoms with van der Waals surface area (Å²) in [6.45, 7) is -0.314. The maximum absolute atomic E-state index is 13.0. The van der Waals surface area contributed by atoms with E-state index in [0.717, 1.165) is 4.80 Å². The maximum Gasteiger partial charge on any atom is 0.318 e. The van der Waals surface area contributed by atoms with Crippen LogP contribution in [0.5, 0.6) is 0 Å². The zero-order chi connectivity index (χ0) is 13.8. The first-order valence-electron chi connectivity index (χ1n) is 5.17. The molecule has 3 N–H and O–H groups in total. The van der Waals surface area contributed by atoms with Crippen LogP contribution in [0.25, 0.3) is 11.4 Å². The van der Waals surface area contributed by atoms with E-state index in [4.69, 9.17) is 5.73 Å². The fourth-order valence-electron chi connectivity index (χ4n) is 1.36. The number of hydrogen-bond donors (Lipinski definition) is 2. The van der Waals surface area contributed by atoms with Crippen LogP contribution >= 0.6 is 0 Å². The van der Waals surface area contributed by atoms with Crippen LogP contribution in [-0.4, -0.2) is 32.1 Å². The number of primary amides is 1. The molecule has 2 aromatic rings. The van der Waals surface area contributed by atoms with Gasteiger partial charge in [-0.1, -0.05) is 12.1 Å². The molecule has 9 heteroatoms. The molecule has 0 bridgehead atoms. The van der Waals surface area contributed by atoms with E-state index >= 15 is 0 Å². The minimum absolute atomic E-state index is 0.173. The molecule has 3 amide bonds. The highest BCUT2D eigenvalue weighted by molar-refractivity contribution is 5.93. The number of imide groups is 1. The molecule has 19 heavy (non-hydrogen) atoms. The summed E-state index contributed by atoms with van der Waals surface area (Å²) >= 11 is 0. The lowest BCUT2D eigenvalue weighted by molar-refractivity contribution is -0.120. The lowest BCUT2D eigenvalue weighted by Crippen LogP contribution is -2.37. The van der Waals surface area contributed by atoms with Crippen LogP contribution in [0.2, 0.25) is 0 Å². The number of nitrogens with one attached hydrogen (secondary N) is 1. The second-order valence-corrected chi connectivity index (χ2v) is 3.57. The highest BCUT2D eigenvalue weighted by Gasteiger charge is 2.10. The molecule has 0 saturated carbocycles. The Morgan fingerprint density at radius 1 is 1.42 bits per heavy atom. The van der Waals surface area contributed by atoms with E-state index in [1.54, 1.807) is 6.07 Å². The van der Waals surface area contributed by atoms with Gasteiger partial charge in [-0.2, -0.15) is 4.80 Å². The minimum Gasteiger partial charge on any atom is -0.351 e. The van der Waals surface area contributed by atoms with E-state index in [2.05, 4.69) is 15.4 Å². The quantitative estimate of drug-likeness (QED) is 0.787. The van der Waals surface area contributed by atoms with Crippen LogP contribution in [0, 0.1) is 5.82 Å². The Morgan fingerprint density at radius 2 is 2.21 bits per heavy atom. The third-order valence-electron chi connectivity index (χ3n) is 2.08. The number of nitrogens with zero attached hydrogens (tertiary/aromatic N) is 4. The third-order valence-corrected chi connectivity index (χ3v) is 2.08. The molecule has 0 radical (unpaired) electrons. The first-order chi connectivity index (χ1) is 9.04. The van der Waals surface area contributed by atoms with Crippen molar-refractivity contribution in [2.75, 3.05) is 0 Å². The third kappa shape index (κ3) is 3.31. The van der Waals surface area contributed by atoms with Crippen molar-refractivity contribution in [1.82, 2.24) is 25.5 Å². The van der Waals surface area contributed by atoms with E-state index in [0.29, 0.717) is 5.56 Å². The van der Waals surface area contributed by atoms with Gasteiger partial charge in [-0.05, 0) is 17.3 Å². The molecule has 0 aliphatic carbocycles. The second-order valence-electron chi connectivity index (χ2n) is 3.57. The standard InChI is InChI=1S/C10H9FN6O2/c11-7-3-1-2-6(4-7)9-14-16-17(15-9)5-8(18)13-10(12)19/h1-4H,5H2,(H3,12,13,18,19). The van der Waals surface area contributed by atoms with Gasteiger partial charge in [-0.15, -0.1) is 10.2 Å². The van der Waals surface area contributed by atoms with Crippen molar-refractivity contribution in [2.45, 2.75) is 6.54 Å². The topological polar surface area (TPSA) is 116 Å². The number of aromatic nitrogens is 4. The van der Waals surface area contributed by atoms with Gasteiger partial charge in [0.2, 0.25) is 5.82 Å². The number of halogens is 1. The highest BCUT2D eigenvalue weighted by Crippen LogP contribution is 2.14. The Morgan fingerprint density at radius 3 is 2.89 bits per heavy atom. The summed E-state index contributed by atoms with van der Waals surface area (Å²) in [6, 6.07) is 4.67. The van der Waals surface area contributed by atoms with E-state index < -0.39 is 17.8 Å². The van der Waals surface area contributed by atoms with Crippen molar-refractivity contribution < 1.29 is 14.0 Å². The molecule has 8 nitrogen and oxygen atoms in total. The summed E-state index contributed by atoms with van der Waals surface area (Å²) in [7, 11) is 0. The molecule has 1 aromatic carbocycles. The Balaban J connectivity index is 2.11. The molecular weight excluding hydrogens is 255 g/mol. The Labute approximate surface area is 106 Å². The van der Waals surface area contributed by atoms with E-state index in [1.165, 1.54) is 18.2 Å². The maximum atomic E-state index is 13.0. The summed E-state index contributed by atoms with van der Waals surface area (Å²) in [4.78, 5) is 22.6. The predicted molar refractivity (Wildman–Crippen MR) is 60.9 cm³/mol. The van der Waals surface area contributed by atoms with Gasteiger partial charge in [-0.3, -0.25) is 10.1 Å². The average molecular weight is 264 g/mol. The smallest absolute Gasteiger partial charge is 0.318 e. The van der Waals surface area contributed by atoms with Gasteiger partial charge >= 0.3 is 6.03 Å². The normalized spacial score (nSPS) is 10.2. The van der Waals surface area contributed by atoms with Crippen LogP contribution < -0.4 is 11.1 Å². The fourth-order valence-corrected chi connectivity index (χ4v) is 1.36. The number of carbonyl (C=O) groups is 2. The molecule has 1 heterocycles. The first kappa shape index (κ1) is 12.6. The monoisotopic (exact) mass is 264 g/mol. The molecular formula is C10H9FN6O2. The van der Waals surface area contributed by atoms with Gasteiger partial charge in [-0.25, -0.2) is 9.18 Å². The summed E-state index contributed by atoms with van der Waals surface area (Å²) in [5.74, 6) is -0.928. The Bertz CT molecular complexity index is 626. The Hall–Kier alpha value is -2.84. The second kappa shape index (κ2) is 5.21. The zero-order valence-corrected chi connectivity index (χ0v) is 9.58. The van der Waals surface area contributed by atoms with Crippen molar-refractivity contribution in [3.63, 3.8) is 0 Å². The largest absolute Gasteiger partial charge is 0.351 e. The molecule has 0 saturated heterocycles. The highest BCUT2D eigenvalue weighted by atomic mass is 19.1. The summed E-state index contributed by atoms with van der Waals surface area (Å²) in [5, 5.41) is 13.0. The van der Waals surface area contributed by atoms with E-state index in [1.807, 2.05) is 5.32 Å². The number of tetrazole rings is 1. The molecule has 0 aliphatic rings. The molecule has 2 rings (SSSR count). The summed E-state index contributed by atoms with van der Waals surface area (Å²) in [6.07, 6.45) is 0. The predicted octanol–water partition coefficient (Wildman–Crippen LogP) is -0.326. The van der Waals surface area contributed by atoms with Crippen LogP contribution in [0.1, 0.15) is 0 Å². The van der Waals surface area contributed by atoms with Gasteiger partial charge in [0.25, 0.3) is 5.91 Å². The number of nitrogens with two attached hydrogens (primary N) is 1. The van der Waals surface area contributed by atoms with Crippen LogP contribution in [0.4, 0.5) is 9.18 Å². The molecule has 98 valence electrons. The van der Waals surface area contributed by atoms with Gasteiger partial charge < -0.3 is 5.73 Å². The molecule has 0 aliphatic heterocycles. The first-order valence-corrected chi connectivity index (χ1v) is 5.17. The molecule has 0 spiro atoms. The van der Waals surface area contributed by atoms with Crippen molar-refractivity contribution in [2.24, 2.45) is 5.73 Å². The van der Waals surface area contributed by atoms with Crippen molar-refractivity contribution in [3.05, 3.63) is 30.1 Å². The summed E-state index contributed by atoms with van der Waals surface area (Å²) < 4.78 is 13.0. The van der Waals surface area contributed by atoms with Gasteiger partial charge in [0.1, 0.15) is 12.4 Å². The van der Waals surface area contributed by atoms with Gasteiger partial charge in [0.05, 0.1) is 0 Å².